The molecule has 0 saturated carbocycles. The predicted octanol–water partition coefficient (Wildman–Crippen LogP) is 2.75. The van der Waals surface area contributed by atoms with E-state index in [9.17, 15) is 18.3 Å². The number of carboxylic acid groups (broad SMARTS) is 1. The zero-order valence-electron chi connectivity index (χ0n) is 10.3. The van der Waals surface area contributed by atoms with E-state index in [1.165, 1.54) is 17.8 Å². The number of aliphatic carboxylic acids is 1. The van der Waals surface area contributed by atoms with Gasteiger partial charge in [0, 0.05) is 14.7 Å². The molecule has 0 radical (unpaired) electrons. The number of halogens is 2. The van der Waals surface area contributed by atoms with Crippen LogP contribution in [0.25, 0.3) is 0 Å². The molecule has 1 fully saturated rings. The minimum absolute atomic E-state index is 0.0706. The average molecular weight is 445 g/mol. The van der Waals surface area contributed by atoms with Crippen LogP contribution in [0.15, 0.2) is 32.0 Å². The highest BCUT2D eigenvalue weighted by atomic mass is 79.9. The van der Waals surface area contributed by atoms with Crippen molar-refractivity contribution in [1.82, 2.24) is 4.31 Å². The van der Waals surface area contributed by atoms with E-state index in [1.807, 2.05) is 0 Å². The molecule has 1 aromatic rings. The zero-order chi connectivity index (χ0) is 15.1. The number of sulfonamides is 1. The van der Waals surface area contributed by atoms with Crippen molar-refractivity contribution in [2.24, 2.45) is 0 Å². The summed E-state index contributed by atoms with van der Waals surface area (Å²) >= 11 is 7.79. The summed E-state index contributed by atoms with van der Waals surface area (Å²) < 4.78 is 27.6. The van der Waals surface area contributed by atoms with E-state index in [2.05, 4.69) is 31.9 Å². The van der Waals surface area contributed by atoms with Gasteiger partial charge in [-0.05, 0) is 41.1 Å². The molecule has 1 aliphatic heterocycles. The highest BCUT2D eigenvalue weighted by Crippen LogP contribution is 2.37. The zero-order valence-corrected chi connectivity index (χ0v) is 15.1. The number of thioether (sulfide) groups is 1. The van der Waals surface area contributed by atoms with Crippen molar-refractivity contribution in [2.75, 3.05) is 5.75 Å². The second-order valence-corrected chi connectivity index (χ2v) is 9.13. The van der Waals surface area contributed by atoms with Crippen LogP contribution < -0.4 is 0 Å². The fraction of sp³-hybridized carbons (Fsp3) is 0.364. The summed E-state index contributed by atoms with van der Waals surface area (Å²) in [6.07, 6.45) is 0. The molecule has 1 saturated heterocycles. The molecule has 1 N–H and O–H groups in total. The van der Waals surface area contributed by atoms with Crippen molar-refractivity contribution < 1.29 is 18.3 Å². The van der Waals surface area contributed by atoms with Crippen LogP contribution in [-0.4, -0.2) is 41.0 Å². The lowest BCUT2D eigenvalue weighted by Gasteiger charge is -2.24. The van der Waals surface area contributed by atoms with Crippen LogP contribution in [0.3, 0.4) is 0 Å². The van der Waals surface area contributed by atoms with Crippen LogP contribution >= 0.6 is 43.6 Å². The Labute approximate surface area is 138 Å². The van der Waals surface area contributed by atoms with Gasteiger partial charge in [-0.25, -0.2) is 8.42 Å². The molecule has 0 amide bonds. The number of carbonyl (C=O) groups is 1. The standard InChI is InChI=1S/C11H11Br2NO4S2/c1-6-14(9(5-19-6)11(15)16)20(17,18)10-3-2-7(12)4-8(10)13/h2-4,6,9H,5H2,1H3,(H,15,16). The third-order valence-corrected chi connectivity index (χ3v) is 7.70. The van der Waals surface area contributed by atoms with Crippen LogP contribution in [-0.2, 0) is 14.8 Å². The number of carboxylic acids is 1. The summed E-state index contributed by atoms with van der Waals surface area (Å²) in [5, 5.41) is 8.78. The molecule has 9 heteroatoms. The quantitative estimate of drug-likeness (QED) is 0.775. The first kappa shape index (κ1) is 16.3. The summed E-state index contributed by atoms with van der Waals surface area (Å²) in [5.74, 6) is -0.872. The Hall–Kier alpha value is -0.0900. The Morgan fingerprint density at radius 1 is 1.45 bits per heavy atom. The maximum Gasteiger partial charge on any atom is 0.322 e. The van der Waals surface area contributed by atoms with Crippen molar-refractivity contribution in [3.8, 4) is 0 Å². The monoisotopic (exact) mass is 443 g/mol. The minimum atomic E-state index is -3.87. The number of hydrogen-bond donors (Lipinski definition) is 1. The van der Waals surface area contributed by atoms with E-state index in [0.29, 0.717) is 4.47 Å². The van der Waals surface area contributed by atoms with E-state index in [1.54, 1.807) is 19.1 Å². The molecule has 2 atom stereocenters. The highest BCUT2D eigenvalue weighted by Gasteiger charge is 2.45. The van der Waals surface area contributed by atoms with Gasteiger partial charge < -0.3 is 5.11 Å². The van der Waals surface area contributed by atoms with Crippen molar-refractivity contribution in [2.45, 2.75) is 23.2 Å². The third kappa shape index (κ3) is 2.92. The van der Waals surface area contributed by atoms with E-state index in [4.69, 9.17) is 0 Å². The van der Waals surface area contributed by atoms with Crippen LogP contribution in [0.1, 0.15) is 6.92 Å². The first-order chi connectivity index (χ1) is 9.25. The maximum atomic E-state index is 12.7. The van der Waals surface area contributed by atoms with Crippen molar-refractivity contribution in [3.05, 3.63) is 27.1 Å². The molecule has 1 heterocycles. The lowest BCUT2D eigenvalue weighted by Crippen LogP contribution is -2.44. The second-order valence-electron chi connectivity index (χ2n) is 4.20. The number of benzene rings is 1. The summed E-state index contributed by atoms with van der Waals surface area (Å²) in [7, 11) is -3.87. The van der Waals surface area contributed by atoms with E-state index in [0.717, 1.165) is 8.78 Å². The molecule has 1 aliphatic rings. The Balaban J connectivity index is 2.51. The topological polar surface area (TPSA) is 74.7 Å². The van der Waals surface area contributed by atoms with E-state index >= 15 is 0 Å². The van der Waals surface area contributed by atoms with Gasteiger partial charge in [0.2, 0.25) is 10.0 Å². The highest BCUT2D eigenvalue weighted by molar-refractivity contribution is 9.11. The lowest BCUT2D eigenvalue weighted by molar-refractivity contribution is -0.140. The van der Waals surface area contributed by atoms with Gasteiger partial charge in [0.25, 0.3) is 0 Å². The molecular formula is C11H11Br2NO4S2. The van der Waals surface area contributed by atoms with Gasteiger partial charge in [0.1, 0.15) is 6.04 Å². The van der Waals surface area contributed by atoms with E-state index < -0.39 is 27.4 Å². The fourth-order valence-corrected chi connectivity index (χ4v) is 6.97. The molecule has 0 aromatic heterocycles. The average Bonchev–Trinajstić information content (AvgIpc) is 2.71. The summed E-state index contributed by atoms with van der Waals surface area (Å²) in [5.41, 5.74) is 0. The lowest BCUT2D eigenvalue weighted by atomic mass is 10.3. The van der Waals surface area contributed by atoms with Crippen LogP contribution in [0.4, 0.5) is 0 Å². The Kier molecular flexibility index (Phi) is 4.85. The van der Waals surface area contributed by atoms with Crippen molar-refractivity contribution in [3.63, 3.8) is 0 Å². The molecular weight excluding hydrogens is 434 g/mol. The molecule has 2 rings (SSSR count). The van der Waals surface area contributed by atoms with Crippen molar-refractivity contribution >= 4 is 59.6 Å². The smallest absolute Gasteiger partial charge is 0.322 e. The van der Waals surface area contributed by atoms with E-state index in [-0.39, 0.29) is 10.6 Å². The SMILES string of the molecule is CC1SCC(C(=O)O)N1S(=O)(=O)c1ccc(Br)cc1Br. The number of hydrogen-bond acceptors (Lipinski definition) is 4. The summed E-state index contributed by atoms with van der Waals surface area (Å²) in [6.45, 7) is 1.69. The Morgan fingerprint density at radius 2 is 2.10 bits per heavy atom. The van der Waals surface area contributed by atoms with Gasteiger partial charge in [-0.3, -0.25) is 4.79 Å². The van der Waals surface area contributed by atoms with Gasteiger partial charge in [0.15, 0.2) is 0 Å². The molecule has 0 spiro atoms. The Morgan fingerprint density at radius 3 is 2.65 bits per heavy atom. The first-order valence-corrected chi connectivity index (χ1v) is 9.65. The number of rotatable bonds is 3. The van der Waals surface area contributed by atoms with Crippen molar-refractivity contribution in [1.29, 1.82) is 0 Å². The Bertz CT molecular complexity index is 650. The minimum Gasteiger partial charge on any atom is -0.480 e. The predicted molar refractivity (Wildman–Crippen MR) is 84.2 cm³/mol. The second kappa shape index (κ2) is 5.96. The molecule has 2 unspecified atom stereocenters. The normalized spacial score (nSPS) is 23.9. The molecule has 0 aliphatic carbocycles. The van der Waals surface area contributed by atoms with Gasteiger partial charge >= 0.3 is 5.97 Å². The van der Waals surface area contributed by atoms with Gasteiger partial charge in [-0.15, -0.1) is 11.8 Å². The molecule has 5 nitrogen and oxygen atoms in total. The fourth-order valence-electron chi connectivity index (χ4n) is 1.97. The van der Waals surface area contributed by atoms with Gasteiger partial charge in [-0.1, -0.05) is 15.9 Å². The molecule has 0 bridgehead atoms. The largest absolute Gasteiger partial charge is 0.480 e. The molecule has 110 valence electrons. The molecule has 1 aromatic carbocycles. The van der Waals surface area contributed by atoms with Crippen LogP contribution in [0.2, 0.25) is 0 Å². The van der Waals surface area contributed by atoms with Gasteiger partial charge in [-0.2, -0.15) is 4.31 Å². The maximum absolute atomic E-state index is 12.7. The van der Waals surface area contributed by atoms with Crippen LogP contribution in [0.5, 0.6) is 0 Å². The van der Waals surface area contributed by atoms with Crippen LogP contribution in [0, 0.1) is 0 Å². The summed E-state index contributed by atoms with van der Waals surface area (Å²) in [4.78, 5) is 11.3. The summed E-state index contributed by atoms with van der Waals surface area (Å²) in [6, 6.07) is 3.66. The van der Waals surface area contributed by atoms with Gasteiger partial charge in [0.05, 0.1) is 10.3 Å². The number of nitrogens with zero attached hydrogens (tertiary/aromatic N) is 1. The molecule has 20 heavy (non-hydrogen) atoms. The first-order valence-electron chi connectivity index (χ1n) is 5.58. The third-order valence-electron chi connectivity index (χ3n) is 2.90.